The Bertz CT molecular complexity index is 2490. The molecule has 436 valence electrons. The van der Waals surface area contributed by atoms with Gasteiger partial charge in [0.1, 0.15) is 0 Å². The highest BCUT2D eigenvalue weighted by Crippen LogP contribution is 2.79. The van der Waals surface area contributed by atoms with E-state index < -0.39 is 11.9 Å². The molecule has 10 rings (SSSR count). The van der Waals surface area contributed by atoms with Crippen LogP contribution in [0.3, 0.4) is 0 Å². The normalized spacial score (nSPS) is 47.0. The SMILES string of the molecule is C.C=C(C)[C@@H]1CC[C@]2(/C=N/O)CC[C@]3(C)C(CCC4[C@@]5(C)CC/C(=N\O)C(C)(C)C5CC[C@]43C)C12.C=C(C)[C@@H]1CC[C@]2(C#N)CC[C@]3(C)C(CCC4[C@@]5(C)CC/C(=N\OC(C)=O)C(C)(C)C5CC[C@]43C)C12.CC(=O)OC(C)=O. The van der Waals surface area contributed by atoms with E-state index in [4.69, 9.17) is 4.84 Å². The van der Waals surface area contributed by atoms with Crippen LogP contribution in [0.4, 0.5) is 0 Å². The van der Waals surface area contributed by atoms with Crippen molar-refractivity contribution in [3.05, 3.63) is 24.3 Å². The number of esters is 2. The molecule has 0 radical (unpaired) electrons. The zero-order chi connectivity index (χ0) is 56.9. The van der Waals surface area contributed by atoms with Crippen molar-refractivity contribution in [3.8, 4) is 6.07 Å². The summed E-state index contributed by atoms with van der Waals surface area (Å²) < 4.78 is 3.97. The van der Waals surface area contributed by atoms with Gasteiger partial charge in [-0.2, -0.15) is 5.26 Å². The third-order valence-electron chi connectivity index (χ3n) is 27.0. The zero-order valence-corrected chi connectivity index (χ0v) is 50.6. The first-order valence-corrected chi connectivity index (χ1v) is 30.4. The summed E-state index contributed by atoms with van der Waals surface area (Å²) >= 11 is 0. The predicted octanol–water partition coefficient (Wildman–Crippen LogP) is 16.8. The summed E-state index contributed by atoms with van der Waals surface area (Å²) in [5.74, 6) is 4.43. The Morgan fingerprint density at radius 3 is 1.46 bits per heavy atom. The lowest BCUT2D eigenvalue weighted by molar-refractivity contribution is -0.223. The van der Waals surface area contributed by atoms with Gasteiger partial charge in [-0.05, 0) is 234 Å². The highest BCUT2D eigenvalue weighted by atomic mass is 16.7. The standard InChI is InChI=1S/C32H48N2O2.C30H48N2O2.C4H6O3.CH4/c1-20(2)22-11-16-32(19-33)18-17-30(7)23(27(22)32)9-10-25-29(6)14-13-26(34-36-21(3)35)28(4,5)24(29)12-15-31(25,30)8;1-19(2)20-10-15-30(18-31-33)17-16-28(6)21(25(20)30)8-9-23-27(5)13-12-24(32-34)26(3,4)22(27)11-14-29(23,28)7;1-3(5)7-4(2)6;/h22-25,27H,1,9-18H2,2-8H3;18,20-23,25,33-34H,1,8-17H2,2-7H3;1-2H3;1H4/b34-26+;31-18+,32-24+;;/t22-,23?,24?,25?,27?,29-,30+,31+,32+;20-,21?,22?,23?,25?,27-,28+,29+,30+;;/m00../s1. The number of carbonyl (C=O) groups excluding carboxylic acids is 3. The van der Waals surface area contributed by atoms with Crippen LogP contribution in [0.5, 0.6) is 0 Å². The minimum atomic E-state index is -0.562. The van der Waals surface area contributed by atoms with Gasteiger partial charge >= 0.3 is 17.9 Å². The summed E-state index contributed by atoms with van der Waals surface area (Å²) in [6, 6.07) is 2.90. The van der Waals surface area contributed by atoms with Crippen molar-refractivity contribution in [2.45, 2.75) is 240 Å². The van der Waals surface area contributed by atoms with Crippen molar-refractivity contribution in [2.24, 2.45) is 129 Å². The number of fused-ring (bicyclic) bond motifs is 14. The molecule has 0 heterocycles. The molecule has 10 aliphatic carbocycles. The molecule has 0 amide bonds. The van der Waals surface area contributed by atoms with Crippen LogP contribution in [-0.4, -0.2) is 46.0 Å². The summed E-state index contributed by atoms with van der Waals surface area (Å²) in [6.45, 7) is 42.2. The Labute approximate surface area is 472 Å². The van der Waals surface area contributed by atoms with Crippen molar-refractivity contribution in [3.63, 3.8) is 0 Å². The quantitative estimate of drug-likeness (QED) is 0.0533. The van der Waals surface area contributed by atoms with Crippen LogP contribution < -0.4 is 0 Å². The molecule has 10 aliphatic rings. The van der Waals surface area contributed by atoms with E-state index in [0.29, 0.717) is 75.4 Å². The van der Waals surface area contributed by atoms with Crippen molar-refractivity contribution in [2.75, 3.05) is 0 Å². The van der Waals surface area contributed by atoms with E-state index in [-0.39, 0.29) is 51.3 Å². The Hall–Kier alpha value is -3.81. The molecule has 0 aromatic carbocycles. The summed E-state index contributed by atoms with van der Waals surface area (Å²) in [5, 5.41) is 41.7. The number of allylic oxidation sites excluding steroid dienone is 2. The Morgan fingerprint density at radius 2 is 1.01 bits per heavy atom. The second-order valence-electron chi connectivity index (χ2n) is 30.3. The van der Waals surface area contributed by atoms with Gasteiger partial charge in [-0.1, -0.05) is 111 Å². The van der Waals surface area contributed by atoms with Gasteiger partial charge < -0.3 is 20.0 Å². The smallest absolute Gasteiger partial charge is 0.331 e. The zero-order valence-electron chi connectivity index (χ0n) is 50.6. The van der Waals surface area contributed by atoms with Crippen LogP contribution in [0.15, 0.2) is 39.8 Å². The average molecular weight is 1080 g/mol. The van der Waals surface area contributed by atoms with Gasteiger partial charge in [0.05, 0.1) is 29.1 Å². The van der Waals surface area contributed by atoms with Gasteiger partial charge in [0, 0.05) is 37.0 Å². The van der Waals surface area contributed by atoms with Crippen LogP contribution >= 0.6 is 0 Å². The fourth-order valence-corrected chi connectivity index (χ4v) is 23.2. The van der Waals surface area contributed by atoms with Gasteiger partial charge in [0.25, 0.3) is 0 Å². The molecule has 0 aromatic heterocycles. The number of carbonyl (C=O) groups is 3. The van der Waals surface area contributed by atoms with Gasteiger partial charge in [0.15, 0.2) is 0 Å². The molecule has 0 bridgehead atoms. The lowest BCUT2D eigenvalue weighted by Crippen LogP contribution is -2.66. The minimum absolute atomic E-state index is 0. The summed E-state index contributed by atoms with van der Waals surface area (Å²) in [4.78, 5) is 36.2. The first-order valence-electron chi connectivity index (χ1n) is 30.4. The fraction of sp³-hybridized carbons (Fsp3) is 0.836. The third-order valence-corrected chi connectivity index (χ3v) is 27.0. The lowest BCUT2D eigenvalue weighted by atomic mass is 9.32. The number of nitriles is 1. The maximum absolute atomic E-state index is 11.5. The highest BCUT2D eigenvalue weighted by Gasteiger charge is 2.73. The molecule has 2 N–H and O–H groups in total. The van der Waals surface area contributed by atoms with Crippen molar-refractivity contribution in [1.82, 2.24) is 0 Å². The second kappa shape index (κ2) is 21.2. The van der Waals surface area contributed by atoms with Crippen molar-refractivity contribution >= 4 is 35.5 Å². The van der Waals surface area contributed by atoms with E-state index in [0.717, 1.165) is 69.2 Å². The molecular weight excluding hydrogens is 973 g/mol. The summed E-state index contributed by atoms with van der Waals surface area (Å²) in [6.07, 6.45) is 25.3. The predicted molar refractivity (Wildman–Crippen MR) is 311 cm³/mol. The van der Waals surface area contributed by atoms with Crippen molar-refractivity contribution < 1.29 is 34.4 Å². The van der Waals surface area contributed by atoms with Gasteiger partial charge in [-0.25, -0.2) is 4.79 Å². The Kier molecular flexibility index (Phi) is 16.8. The van der Waals surface area contributed by atoms with E-state index in [1.165, 1.54) is 103 Å². The van der Waals surface area contributed by atoms with Crippen molar-refractivity contribution in [1.29, 1.82) is 5.26 Å². The Morgan fingerprint density at radius 1 is 0.551 bits per heavy atom. The number of rotatable bonds is 4. The maximum Gasteiger partial charge on any atom is 0.331 e. The molecule has 10 fully saturated rings. The molecule has 0 aromatic rings. The molecule has 11 nitrogen and oxygen atoms in total. The molecule has 78 heavy (non-hydrogen) atoms. The van der Waals surface area contributed by atoms with E-state index in [1.54, 1.807) is 0 Å². The van der Waals surface area contributed by atoms with Crippen LogP contribution in [0, 0.1) is 125 Å². The Balaban J connectivity index is 0.000000200. The van der Waals surface area contributed by atoms with Crippen LogP contribution in [-0.2, 0) is 24.0 Å². The average Bonchev–Trinajstić information content (AvgIpc) is 4.08. The molecule has 0 aliphatic heterocycles. The van der Waals surface area contributed by atoms with Crippen LogP contribution in [0.2, 0.25) is 0 Å². The minimum Gasteiger partial charge on any atom is -0.411 e. The van der Waals surface area contributed by atoms with Gasteiger partial charge in [-0.3, -0.25) is 9.59 Å². The van der Waals surface area contributed by atoms with E-state index in [1.807, 2.05) is 6.21 Å². The van der Waals surface area contributed by atoms with Gasteiger partial charge in [-0.15, -0.1) is 5.16 Å². The largest absolute Gasteiger partial charge is 0.411 e. The molecule has 0 saturated heterocycles. The second-order valence-corrected chi connectivity index (χ2v) is 30.3. The number of hydrogen-bond acceptors (Lipinski definition) is 11. The van der Waals surface area contributed by atoms with E-state index in [9.17, 15) is 30.1 Å². The molecular formula is C67H106N4O7. The van der Waals surface area contributed by atoms with Crippen LogP contribution in [0.25, 0.3) is 0 Å². The van der Waals surface area contributed by atoms with E-state index in [2.05, 4.69) is 123 Å². The number of ether oxygens (including phenoxy) is 1. The third kappa shape index (κ3) is 9.13. The number of oxime groups is 3. The van der Waals surface area contributed by atoms with E-state index >= 15 is 0 Å². The molecule has 18 atom stereocenters. The summed E-state index contributed by atoms with van der Waals surface area (Å²) in [7, 11) is 0. The number of nitrogens with zero attached hydrogens (tertiary/aromatic N) is 4. The summed E-state index contributed by atoms with van der Waals surface area (Å²) in [5.41, 5.74) is 6.24. The maximum atomic E-state index is 11.5. The molecule has 0 spiro atoms. The molecule has 8 unspecified atom stereocenters. The first-order chi connectivity index (χ1) is 35.8. The topological polar surface area (TPSA) is 171 Å². The number of hydrogen-bond donors (Lipinski definition) is 2. The lowest BCUT2D eigenvalue weighted by Gasteiger charge is -2.72. The molecule has 10 saturated carbocycles. The fourth-order valence-electron chi connectivity index (χ4n) is 23.2. The van der Waals surface area contributed by atoms with Gasteiger partial charge in [0.2, 0.25) is 0 Å². The monoisotopic (exact) mass is 1080 g/mol. The highest BCUT2D eigenvalue weighted by molar-refractivity contribution is 5.91. The first kappa shape index (κ1) is 61.8. The van der Waals surface area contributed by atoms with Crippen LogP contribution in [0.1, 0.15) is 240 Å². The molecule has 11 heteroatoms.